The minimum Gasteiger partial charge on any atom is -0.486 e. The lowest BCUT2D eigenvalue weighted by Gasteiger charge is -2.19. The molecule has 1 aliphatic rings. The molecule has 0 unspecified atom stereocenters. The van der Waals surface area contributed by atoms with E-state index in [2.05, 4.69) is 5.32 Å². The lowest BCUT2D eigenvalue weighted by atomic mass is 10.0. The van der Waals surface area contributed by atoms with Gasteiger partial charge in [0.1, 0.15) is 19.8 Å². The van der Waals surface area contributed by atoms with E-state index in [9.17, 15) is 14.4 Å². The molecule has 35 heavy (non-hydrogen) atoms. The Morgan fingerprint density at radius 2 is 1.71 bits per heavy atom. The van der Waals surface area contributed by atoms with Crippen molar-refractivity contribution in [3.05, 3.63) is 98.8 Å². The lowest BCUT2D eigenvalue weighted by molar-refractivity contribution is -0.116. The predicted molar refractivity (Wildman–Crippen MR) is 134 cm³/mol. The third-order valence-corrected chi connectivity index (χ3v) is 5.98. The molecule has 0 radical (unpaired) electrons. The van der Waals surface area contributed by atoms with Crippen molar-refractivity contribution in [3.63, 3.8) is 0 Å². The van der Waals surface area contributed by atoms with Gasteiger partial charge in [0, 0.05) is 33.9 Å². The van der Waals surface area contributed by atoms with E-state index in [1.54, 1.807) is 47.0 Å². The van der Waals surface area contributed by atoms with Crippen molar-refractivity contribution >= 4 is 39.9 Å². The molecule has 0 spiro atoms. The van der Waals surface area contributed by atoms with Crippen molar-refractivity contribution in [2.45, 2.75) is 13.5 Å². The monoisotopic (exact) mass is 488 g/mol. The summed E-state index contributed by atoms with van der Waals surface area (Å²) in [7, 11) is 0. The van der Waals surface area contributed by atoms with E-state index in [1.807, 2.05) is 19.1 Å². The number of amides is 1. The quantitative estimate of drug-likeness (QED) is 0.415. The van der Waals surface area contributed by atoms with Gasteiger partial charge in [-0.25, -0.2) is 0 Å². The van der Waals surface area contributed by atoms with Crippen molar-refractivity contribution in [3.8, 4) is 11.5 Å². The number of carbonyl (C=O) groups excluding carboxylic acids is 2. The van der Waals surface area contributed by atoms with Crippen LogP contribution in [0.15, 0.2) is 71.7 Å². The lowest BCUT2D eigenvalue weighted by Crippen LogP contribution is -2.24. The SMILES string of the molecule is Cc1ccc(C(=O)c2cn(CC(=O)Nc3ccc4c(c3)OCCO4)c3ccc(Cl)cc3c2=O)cc1. The van der Waals surface area contributed by atoms with Crippen molar-refractivity contribution in [1.29, 1.82) is 0 Å². The van der Waals surface area contributed by atoms with Crippen LogP contribution in [0, 0.1) is 6.92 Å². The molecular weight excluding hydrogens is 468 g/mol. The average Bonchev–Trinajstić information content (AvgIpc) is 2.85. The fourth-order valence-electron chi connectivity index (χ4n) is 4.00. The number of hydrogen-bond donors (Lipinski definition) is 1. The van der Waals surface area contributed by atoms with Crippen molar-refractivity contribution < 1.29 is 19.1 Å². The number of ketones is 1. The third-order valence-electron chi connectivity index (χ3n) is 5.74. The zero-order chi connectivity index (χ0) is 24.5. The summed E-state index contributed by atoms with van der Waals surface area (Å²) < 4.78 is 12.7. The maximum Gasteiger partial charge on any atom is 0.244 e. The number of halogens is 1. The van der Waals surface area contributed by atoms with Crippen LogP contribution in [-0.4, -0.2) is 29.5 Å². The Morgan fingerprint density at radius 3 is 2.49 bits per heavy atom. The number of aromatic nitrogens is 1. The van der Waals surface area contributed by atoms with E-state index in [1.165, 1.54) is 12.3 Å². The van der Waals surface area contributed by atoms with Crippen molar-refractivity contribution in [2.75, 3.05) is 18.5 Å². The number of rotatable bonds is 5. The molecule has 7 nitrogen and oxygen atoms in total. The van der Waals surface area contributed by atoms with Crippen LogP contribution in [0.3, 0.4) is 0 Å². The predicted octanol–water partition coefficient (Wildman–Crippen LogP) is 4.60. The van der Waals surface area contributed by atoms with Gasteiger partial charge >= 0.3 is 0 Å². The summed E-state index contributed by atoms with van der Waals surface area (Å²) in [6, 6.07) is 16.9. The van der Waals surface area contributed by atoms with Gasteiger partial charge in [0.05, 0.1) is 11.1 Å². The summed E-state index contributed by atoms with van der Waals surface area (Å²) in [4.78, 5) is 39.3. The van der Waals surface area contributed by atoms with Gasteiger partial charge in [-0.3, -0.25) is 14.4 Å². The van der Waals surface area contributed by atoms with Gasteiger partial charge in [0.2, 0.25) is 11.3 Å². The second-order valence-corrected chi connectivity index (χ2v) is 8.70. The molecule has 0 aliphatic carbocycles. The fraction of sp³-hybridized carbons (Fsp3) is 0.148. The Labute approximate surface area is 205 Å². The highest BCUT2D eigenvalue weighted by molar-refractivity contribution is 6.31. The van der Waals surface area contributed by atoms with Gasteiger partial charge in [-0.15, -0.1) is 0 Å². The second-order valence-electron chi connectivity index (χ2n) is 8.26. The highest BCUT2D eigenvalue weighted by atomic mass is 35.5. The number of aryl methyl sites for hydroxylation is 1. The maximum absolute atomic E-state index is 13.2. The number of pyridine rings is 1. The number of hydrogen-bond acceptors (Lipinski definition) is 5. The smallest absolute Gasteiger partial charge is 0.244 e. The van der Waals surface area contributed by atoms with E-state index >= 15 is 0 Å². The van der Waals surface area contributed by atoms with Crippen LogP contribution in [0.2, 0.25) is 5.02 Å². The molecule has 176 valence electrons. The molecule has 0 atom stereocenters. The first-order chi connectivity index (χ1) is 16.9. The van der Waals surface area contributed by atoms with Crippen molar-refractivity contribution in [1.82, 2.24) is 4.57 Å². The molecule has 1 aliphatic heterocycles. The summed E-state index contributed by atoms with van der Waals surface area (Å²) in [6.07, 6.45) is 1.43. The van der Waals surface area contributed by atoms with Crippen LogP contribution in [0.4, 0.5) is 5.69 Å². The molecule has 5 rings (SSSR count). The van der Waals surface area contributed by atoms with Crippen LogP contribution in [0.5, 0.6) is 11.5 Å². The minimum absolute atomic E-state index is 0.0317. The molecular formula is C27H21ClN2O5. The molecule has 1 aromatic heterocycles. The molecule has 0 bridgehead atoms. The molecule has 4 aromatic rings. The van der Waals surface area contributed by atoms with Crippen molar-refractivity contribution in [2.24, 2.45) is 0 Å². The Hall–Kier alpha value is -4.10. The molecule has 1 N–H and O–H groups in total. The third kappa shape index (κ3) is 4.63. The highest BCUT2D eigenvalue weighted by Crippen LogP contribution is 2.32. The van der Waals surface area contributed by atoms with Gasteiger partial charge in [-0.2, -0.15) is 0 Å². The number of nitrogens with zero attached hydrogens (tertiary/aromatic N) is 1. The van der Waals surface area contributed by atoms with Gasteiger partial charge in [-0.1, -0.05) is 41.4 Å². The van der Waals surface area contributed by atoms with Gasteiger partial charge in [0.25, 0.3) is 0 Å². The molecule has 1 amide bonds. The van der Waals surface area contributed by atoms with E-state index in [-0.39, 0.29) is 23.4 Å². The first-order valence-electron chi connectivity index (χ1n) is 11.0. The standard InChI is InChI=1S/C27H21ClN2O5/c1-16-2-4-17(5-3-16)26(32)21-14-30(22-8-6-18(28)12-20(22)27(21)33)15-25(31)29-19-7-9-23-24(13-19)35-11-10-34-23/h2-9,12-14H,10-11,15H2,1H3,(H,29,31). The van der Waals surface area contributed by atoms with E-state index in [4.69, 9.17) is 21.1 Å². The number of fused-ring (bicyclic) bond motifs is 2. The molecule has 8 heteroatoms. The Kier molecular flexibility index (Phi) is 6.01. The first-order valence-corrected chi connectivity index (χ1v) is 11.4. The molecule has 2 heterocycles. The maximum atomic E-state index is 13.2. The van der Waals surface area contributed by atoms with Crippen LogP contribution >= 0.6 is 11.6 Å². The van der Waals surface area contributed by atoms with E-state index in [0.29, 0.717) is 46.5 Å². The number of anilines is 1. The number of ether oxygens (including phenoxy) is 2. The average molecular weight is 489 g/mol. The summed E-state index contributed by atoms with van der Waals surface area (Å²) in [5, 5.41) is 3.46. The van der Waals surface area contributed by atoms with Crippen LogP contribution in [0.1, 0.15) is 21.5 Å². The van der Waals surface area contributed by atoms with Gasteiger partial charge in [0.15, 0.2) is 17.3 Å². The summed E-state index contributed by atoms with van der Waals surface area (Å²) >= 11 is 6.15. The summed E-state index contributed by atoms with van der Waals surface area (Å²) in [6.45, 7) is 2.71. The molecule has 0 saturated carbocycles. The fourth-order valence-corrected chi connectivity index (χ4v) is 4.17. The highest BCUT2D eigenvalue weighted by Gasteiger charge is 2.19. The molecule has 0 fully saturated rings. The summed E-state index contributed by atoms with van der Waals surface area (Å²) in [5.74, 6) is 0.424. The van der Waals surface area contributed by atoms with E-state index in [0.717, 1.165) is 5.56 Å². The number of benzene rings is 3. The van der Waals surface area contributed by atoms with Crippen LogP contribution in [0.25, 0.3) is 10.9 Å². The number of carbonyl (C=O) groups is 2. The Morgan fingerprint density at radius 1 is 0.971 bits per heavy atom. The zero-order valence-corrected chi connectivity index (χ0v) is 19.6. The normalized spacial score (nSPS) is 12.4. The first kappa shape index (κ1) is 22.7. The largest absolute Gasteiger partial charge is 0.486 e. The molecule has 3 aromatic carbocycles. The Balaban J connectivity index is 1.49. The summed E-state index contributed by atoms with van der Waals surface area (Å²) in [5.41, 5.74) is 1.97. The van der Waals surface area contributed by atoms with Gasteiger partial charge in [-0.05, 0) is 37.3 Å². The van der Waals surface area contributed by atoms with E-state index < -0.39 is 11.2 Å². The minimum atomic E-state index is -0.434. The Bertz CT molecular complexity index is 1530. The van der Waals surface area contributed by atoms with Gasteiger partial charge < -0.3 is 19.4 Å². The molecule has 0 saturated heterocycles. The topological polar surface area (TPSA) is 86.6 Å². The number of nitrogens with one attached hydrogen (secondary N) is 1. The van der Waals surface area contributed by atoms with Crippen LogP contribution in [-0.2, 0) is 11.3 Å². The zero-order valence-electron chi connectivity index (χ0n) is 18.8. The second kappa shape index (κ2) is 9.27. The van der Waals surface area contributed by atoms with Crippen LogP contribution < -0.4 is 20.2 Å².